The predicted octanol–water partition coefficient (Wildman–Crippen LogP) is 2.97. The minimum Gasteiger partial charge on any atom is -0.383 e. The molecule has 0 unspecified atom stereocenters. The zero-order valence-electron chi connectivity index (χ0n) is 13.3. The number of rotatable bonds is 4. The van der Waals surface area contributed by atoms with Crippen molar-refractivity contribution in [3.8, 4) is 0 Å². The van der Waals surface area contributed by atoms with Gasteiger partial charge in [-0.2, -0.15) is 18.2 Å². The number of aryl methyl sites for hydroxylation is 1. The highest BCUT2D eigenvalue weighted by Gasteiger charge is 2.35. The van der Waals surface area contributed by atoms with Crippen LogP contribution in [0.1, 0.15) is 26.5 Å². The maximum Gasteiger partial charge on any atom is 0.417 e. The summed E-state index contributed by atoms with van der Waals surface area (Å²) in [6.07, 6.45) is -2.75. The van der Waals surface area contributed by atoms with E-state index in [1.165, 1.54) is 11.3 Å². The van der Waals surface area contributed by atoms with Gasteiger partial charge >= 0.3 is 6.18 Å². The third-order valence-electron chi connectivity index (χ3n) is 3.46. The van der Waals surface area contributed by atoms with Gasteiger partial charge < -0.3 is 9.30 Å². The second-order valence-electron chi connectivity index (χ2n) is 5.01. The Hall–Kier alpha value is -2.00. The van der Waals surface area contributed by atoms with Gasteiger partial charge in [0.1, 0.15) is 0 Å². The predicted molar refractivity (Wildman–Crippen MR) is 82.8 cm³/mol. The normalized spacial score (nSPS) is 12.7. The molecule has 2 heterocycles. The quantitative estimate of drug-likeness (QED) is 0.843. The lowest BCUT2D eigenvalue weighted by Crippen LogP contribution is -2.21. The summed E-state index contributed by atoms with van der Waals surface area (Å²) in [5, 5.41) is 0. The summed E-state index contributed by atoms with van der Waals surface area (Å²) in [6, 6.07) is 0.770. The molecule has 130 valence electrons. The molecule has 0 spiro atoms. The lowest BCUT2D eigenvalue weighted by atomic mass is 10.1. The highest BCUT2D eigenvalue weighted by molar-refractivity contribution is 7.09. The smallest absolute Gasteiger partial charge is 0.383 e. The van der Waals surface area contributed by atoms with Crippen LogP contribution in [-0.2, 0) is 17.5 Å². The largest absolute Gasteiger partial charge is 0.417 e. The molecule has 5 nitrogen and oxygen atoms in total. The van der Waals surface area contributed by atoms with Crippen molar-refractivity contribution < 1.29 is 22.7 Å². The number of hydrogen-bond donors (Lipinski definition) is 0. The van der Waals surface area contributed by atoms with Gasteiger partial charge in [-0.05, 0) is 19.9 Å². The fraction of sp³-hybridized carbons (Fsp3) is 0.400. The molecular formula is C15H16F3N3O2S. The number of ether oxygens (including phenoxy) is 1. The SMILES string of the molecule is COCCn1c(C)c(C)sc1=NC(=O)c1cnccc1C(F)(F)F. The average molecular weight is 359 g/mol. The number of methoxy groups -OCH3 is 1. The van der Waals surface area contributed by atoms with E-state index in [0.717, 1.165) is 29.0 Å². The number of amides is 1. The molecule has 0 saturated heterocycles. The molecule has 1 amide bonds. The van der Waals surface area contributed by atoms with Crippen LogP contribution >= 0.6 is 11.3 Å². The van der Waals surface area contributed by atoms with Gasteiger partial charge in [0.25, 0.3) is 5.91 Å². The number of carbonyl (C=O) groups is 1. The number of thiazole rings is 1. The maximum atomic E-state index is 13.0. The summed E-state index contributed by atoms with van der Waals surface area (Å²) in [4.78, 5) is 21.0. The molecule has 0 bridgehead atoms. The first-order chi connectivity index (χ1) is 11.3. The van der Waals surface area contributed by atoms with Crippen LogP contribution in [0.25, 0.3) is 0 Å². The summed E-state index contributed by atoms with van der Waals surface area (Å²) < 4.78 is 45.8. The number of halogens is 3. The molecule has 0 aliphatic carbocycles. The summed E-state index contributed by atoms with van der Waals surface area (Å²) in [5.74, 6) is -0.970. The van der Waals surface area contributed by atoms with Crippen LogP contribution in [0.2, 0.25) is 0 Å². The molecule has 0 aliphatic heterocycles. The van der Waals surface area contributed by atoms with Crippen molar-refractivity contribution in [1.82, 2.24) is 9.55 Å². The molecule has 24 heavy (non-hydrogen) atoms. The minimum atomic E-state index is -4.64. The Labute approximate surface area is 140 Å². The van der Waals surface area contributed by atoms with Crippen LogP contribution in [0.15, 0.2) is 23.5 Å². The van der Waals surface area contributed by atoms with E-state index in [1.807, 2.05) is 13.8 Å². The Kier molecular flexibility index (Phi) is 5.55. The van der Waals surface area contributed by atoms with Crippen LogP contribution in [0.5, 0.6) is 0 Å². The Morgan fingerprint density at radius 2 is 2.12 bits per heavy atom. The van der Waals surface area contributed by atoms with Crippen LogP contribution in [0.3, 0.4) is 0 Å². The number of alkyl halides is 3. The zero-order valence-corrected chi connectivity index (χ0v) is 14.2. The molecule has 2 aromatic rings. The highest BCUT2D eigenvalue weighted by Crippen LogP contribution is 2.31. The highest BCUT2D eigenvalue weighted by atomic mass is 32.1. The standard InChI is InChI=1S/C15H16F3N3O2S/c1-9-10(2)24-14(21(9)6-7-23-3)20-13(22)11-8-19-5-4-12(11)15(16,17)18/h4-5,8H,6-7H2,1-3H3. The van der Waals surface area contributed by atoms with Crippen LogP contribution < -0.4 is 4.80 Å². The molecule has 0 fully saturated rings. The van der Waals surface area contributed by atoms with Gasteiger partial charge in [-0.3, -0.25) is 9.78 Å². The molecule has 2 rings (SSSR count). The van der Waals surface area contributed by atoms with Gasteiger partial charge in [-0.15, -0.1) is 11.3 Å². The van der Waals surface area contributed by atoms with Crippen molar-refractivity contribution in [3.05, 3.63) is 45.0 Å². The van der Waals surface area contributed by atoms with Crippen LogP contribution in [0.4, 0.5) is 13.2 Å². The van der Waals surface area contributed by atoms with E-state index in [1.54, 1.807) is 11.7 Å². The third kappa shape index (κ3) is 3.90. The van der Waals surface area contributed by atoms with Gasteiger partial charge in [-0.25, -0.2) is 0 Å². The second-order valence-corrected chi connectivity index (χ2v) is 6.19. The maximum absolute atomic E-state index is 13.0. The Balaban J connectivity index is 2.50. The van der Waals surface area contributed by atoms with E-state index in [4.69, 9.17) is 4.74 Å². The van der Waals surface area contributed by atoms with Gasteiger partial charge in [0.2, 0.25) is 0 Å². The monoisotopic (exact) mass is 359 g/mol. The molecule has 0 aliphatic rings. The Morgan fingerprint density at radius 3 is 2.75 bits per heavy atom. The van der Waals surface area contributed by atoms with Crippen LogP contribution in [0, 0.1) is 13.8 Å². The molecule has 0 saturated carbocycles. The molecule has 0 N–H and O–H groups in total. The first-order valence-electron chi connectivity index (χ1n) is 7.01. The Bertz CT molecular complexity index is 809. The topological polar surface area (TPSA) is 56.5 Å². The number of aromatic nitrogens is 2. The first-order valence-corrected chi connectivity index (χ1v) is 7.83. The van der Waals surface area contributed by atoms with E-state index in [2.05, 4.69) is 9.98 Å². The first kappa shape index (κ1) is 18.3. The lowest BCUT2D eigenvalue weighted by Gasteiger charge is -2.09. The fourth-order valence-electron chi connectivity index (χ4n) is 2.09. The van der Waals surface area contributed by atoms with E-state index in [0.29, 0.717) is 18.0 Å². The van der Waals surface area contributed by atoms with Crippen molar-refractivity contribution in [1.29, 1.82) is 0 Å². The number of nitrogens with zero attached hydrogens (tertiary/aromatic N) is 3. The minimum absolute atomic E-state index is 0.337. The van der Waals surface area contributed by atoms with E-state index < -0.39 is 23.2 Å². The molecule has 0 atom stereocenters. The Morgan fingerprint density at radius 1 is 1.42 bits per heavy atom. The zero-order chi connectivity index (χ0) is 17.9. The van der Waals surface area contributed by atoms with E-state index in [9.17, 15) is 18.0 Å². The molecule has 0 radical (unpaired) electrons. The molecule has 9 heteroatoms. The molecule has 0 aromatic carbocycles. The van der Waals surface area contributed by atoms with Crippen molar-refractivity contribution in [2.75, 3.05) is 13.7 Å². The van der Waals surface area contributed by atoms with Crippen molar-refractivity contribution in [2.45, 2.75) is 26.6 Å². The van der Waals surface area contributed by atoms with E-state index >= 15 is 0 Å². The average Bonchev–Trinajstić information content (AvgIpc) is 2.78. The number of pyridine rings is 1. The van der Waals surface area contributed by atoms with Gasteiger partial charge in [-0.1, -0.05) is 0 Å². The van der Waals surface area contributed by atoms with E-state index in [-0.39, 0.29) is 0 Å². The fourth-order valence-corrected chi connectivity index (χ4v) is 3.09. The molecule has 2 aromatic heterocycles. The summed E-state index contributed by atoms with van der Waals surface area (Å²) in [6.45, 7) is 4.57. The summed E-state index contributed by atoms with van der Waals surface area (Å²) >= 11 is 1.25. The second kappa shape index (κ2) is 7.27. The van der Waals surface area contributed by atoms with Gasteiger partial charge in [0, 0.05) is 36.6 Å². The lowest BCUT2D eigenvalue weighted by molar-refractivity contribution is -0.138. The number of carbonyl (C=O) groups excluding carboxylic acids is 1. The van der Waals surface area contributed by atoms with Crippen molar-refractivity contribution in [3.63, 3.8) is 0 Å². The number of hydrogen-bond acceptors (Lipinski definition) is 4. The van der Waals surface area contributed by atoms with Crippen molar-refractivity contribution in [2.24, 2.45) is 4.99 Å². The summed E-state index contributed by atoms with van der Waals surface area (Å²) in [7, 11) is 1.54. The molecular weight excluding hydrogens is 343 g/mol. The van der Waals surface area contributed by atoms with Gasteiger partial charge in [0.15, 0.2) is 4.80 Å². The van der Waals surface area contributed by atoms with Crippen LogP contribution in [-0.4, -0.2) is 29.2 Å². The third-order valence-corrected chi connectivity index (χ3v) is 4.56. The van der Waals surface area contributed by atoms with Gasteiger partial charge in [0.05, 0.1) is 17.7 Å². The summed E-state index contributed by atoms with van der Waals surface area (Å²) in [5.41, 5.74) is -0.711. The van der Waals surface area contributed by atoms with Crippen molar-refractivity contribution >= 4 is 17.2 Å².